The van der Waals surface area contributed by atoms with Gasteiger partial charge in [0, 0.05) is 0 Å². The van der Waals surface area contributed by atoms with Crippen molar-refractivity contribution in [2.45, 2.75) is 65.4 Å². The first-order valence-corrected chi connectivity index (χ1v) is 12.0. The highest BCUT2D eigenvalue weighted by Gasteiger charge is 2.33. The summed E-state index contributed by atoms with van der Waals surface area (Å²) in [5.74, 6) is -0.196. The number of thiocarbonyl (C=S) groups is 1. The van der Waals surface area contributed by atoms with Crippen LogP contribution < -0.4 is 9.47 Å². The van der Waals surface area contributed by atoms with E-state index in [1.54, 1.807) is 6.08 Å². The van der Waals surface area contributed by atoms with E-state index in [2.05, 4.69) is 13.8 Å². The zero-order valence-corrected chi connectivity index (χ0v) is 20.0. The minimum absolute atomic E-state index is 0.0824. The van der Waals surface area contributed by atoms with Crippen molar-refractivity contribution in [2.24, 2.45) is 0 Å². The fourth-order valence-electron chi connectivity index (χ4n) is 3.21. The smallest absolute Gasteiger partial charge is 0.323 e. The van der Waals surface area contributed by atoms with E-state index in [-0.39, 0.29) is 10.4 Å². The number of aliphatic carboxylic acids is 1. The number of benzene rings is 1. The van der Waals surface area contributed by atoms with Gasteiger partial charge in [-0.2, -0.15) is 0 Å². The second-order valence-electron chi connectivity index (χ2n) is 7.43. The normalized spacial score (nSPS) is 16.1. The van der Waals surface area contributed by atoms with Crippen LogP contribution in [-0.2, 0) is 9.59 Å². The number of carboxylic acid groups (broad SMARTS) is 1. The third-order valence-electron chi connectivity index (χ3n) is 4.77. The molecule has 1 N–H and O–H groups in total. The van der Waals surface area contributed by atoms with Crippen LogP contribution >= 0.6 is 24.0 Å². The number of rotatable bonds is 13. The zero-order chi connectivity index (χ0) is 22.8. The van der Waals surface area contributed by atoms with Crippen molar-refractivity contribution in [1.82, 2.24) is 4.90 Å². The van der Waals surface area contributed by atoms with Crippen molar-refractivity contribution in [2.75, 3.05) is 13.2 Å². The average molecular weight is 466 g/mol. The molecule has 1 amide bonds. The molecule has 6 nitrogen and oxygen atoms in total. The SMILES string of the molecule is CCCCCCC[C@H](C)Oc1ccc(/C=C2/SC(=S)N(CC(=O)O)C2=O)cc1OCC. The van der Waals surface area contributed by atoms with E-state index < -0.39 is 18.4 Å². The Balaban J connectivity index is 2.08. The fourth-order valence-corrected chi connectivity index (χ4v) is 4.47. The summed E-state index contributed by atoms with van der Waals surface area (Å²) >= 11 is 6.24. The lowest BCUT2D eigenvalue weighted by Gasteiger charge is -2.18. The van der Waals surface area contributed by atoms with Crippen molar-refractivity contribution >= 4 is 46.3 Å². The lowest BCUT2D eigenvalue weighted by molar-refractivity contribution is -0.140. The van der Waals surface area contributed by atoms with Crippen LogP contribution in [0.15, 0.2) is 23.1 Å². The molecule has 8 heteroatoms. The molecule has 1 atom stereocenters. The quantitative estimate of drug-likeness (QED) is 0.234. The highest BCUT2D eigenvalue weighted by atomic mass is 32.2. The minimum Gasteiger partial charge on any atom is -0.490 e. The van der Waals surface area contributed by atoms with Crippen molar-refractivity contribution in [3.63, 3.8) is 0 Å². The molecule has 1 aromatic carbocycles. The molecular formula is C23H31NO5S2. The Labute approximate surface area is 194 Å². The molecule has 0 saturated carbocycles. The molecule has 0 unspecified atom stereocenters. The van der Waals surface area contributed by atoms with E-state index >= 15 is 0 Å². The summed E-state index contributed by atoms with van der Waals surface area (Å²) in [6, 6.07) is 5.54. The van der Waals surface area contributed by atoms with Crippen LogP contribution in [0.3, 0.4) is 0 Å². The second-order valence-corrected chi connectivity index (χ2v) is 9.11. The number of carboxylic acids is 1. The van der Waals surface area contributed by atoms with Gasteiger partial charge in [0.1, 0.15) is 10.9 Å². The summed E-state index contributed by atoms with van der Waals surface area (Å²) in [4.78, 5) is 24.9. The van der Waals surface area contributed by atoms with Gasteiger partial charge in [-0.25, -0.2) is 0 Å². The van der Waals surface area contributed by atoms with E-state index in [9.17, 15) is 9.59 Å². The molecule has 1 fully saturated rings. The van der Waals surface area contributed by atoms with Gasteiger partial charge in [0.2, 0.25) is 0 Å². The van der Waals surface area contributed by atoms with Gasteiger partial charge in [0.15, 0.2) is 11.5 Å². The lowest BCUT2D eigenvalue weighted by Crippen LogP contribution is -2.33. The largest absolute Gasteiger partial charge is 0.490 e. The topological polar surface area (TPSA) is 76.1 Å². The maximum atomic E-state index is 12.5. The summed E-state index contributed by atoms with van der Waals surface area (Å²) in [5, 5.41) is 8.96. The number of nitrogens with zero attached hydrogens (tertiary/aromatic N) is 1. The van der Waals surface area contributed by atoms with Gasteiger partial charge in [-0.05, 0) is 50.5 Å². The number of hydrogen-bond donors (Lipinski definition) is 1. The number of amides is 1. The number of thioether (sulfide) groups is 1. The first-order chi connectivity index (χ1) is 14.8. The Bertz CT molecular complexity index is 824. The monoisotopic (exact) mass is 465 g/mol. The van der Waals surface area contributed by atoms with Gasteiger partial charge in [0.05, 0.1) is 17.6 Å². The predicted molar refractivity (Wildman–Crippen MR) is 129 cm³/mol. The summed E-state index contributed by atoms with van der Waals surface area (Å²) < 4.78 is 12.1. The Hall–Kier alpha value is -2.06. The van der Waals surface area contributed by atoms with Gasteiger partial charge in [-0.15, -0.1) is 0 Å². The molecule has 0 bridgehead atoms. The molecule has 0 aliphatic carbocycles. The molecule has 1 aromatic rings. The molecule has 2 rings (SSSR count). The molecule has 170 valence electrons. The maximum Gasteiger partial charge on any atom is 0.323 e. The third kappa shape index (κ3) is 7.85. The van der Waals surface area contributed by atoms with Crippen LogP contribution in [0.5, 0.6) is 11.5 Å². The molecule has 31 heavy (non-hydrogen) atoms. The van der Waals surface area contributed by atoms with Crippen LogP contribution in [0.1, 0.15) is 64.9 Å². The molecule has 1 aliphatic heterocycles. The van der Waals surface area contributed by atoms with E-state index in [1.165, 1.54) is 25.7 Å². The van der Waals surface area contributed by atoms with E-state index in [0.717, 1.165) is 35.1 Å². The first-order valence-electron chi connectivity index (χ1n) is 10.8. The Kier molecular flexibility index (Phi) is 10.3. The van der Waals surface area contributed by atoms with E-state index in [1.807, 2.05) is 25.1 Å². The molecular weight excluding hydrogens is 434 g/mol. The van der Waals surface area contributed by atoms with Crippen LogP contribution in [0.25, 0.3) is 6.08 Å². The van der Waals surface area contributed by atoms with E-state index in [0.29, 0.717) is 23.0 Å². The molecule has 1 aliphatic rings. The number of hydrogen-bond acceptors (Lipinski definition) is 6. The van der Waals surface area contributed by atoms with Gasteiger partial charge in [-0.3, -0.25) is 14.5 Å². The minimum atomic E-state index is -1.10. The van der Waals surface area contributed by atoms with E-state index in [4.69, 9.17) is 26.8 Å². The van der Waals surface area contributed by atoms with Crippen LogP contribution in [0.4, 0.5) is 0 Å². The number of carbonyl (C=O) groups is 2. The average Bonchev–Trinajstić information content (AvgIpc) is 2.97. The predicted octanol–water partition coefficient (Wildman–Crippen LogP) is 5.50. The number of carbonyl (C=O) groups excluding carboxylic acids is 1. The highest BCUT2D eigenvalue weighted by molar-refractivity contribution is 8.26. The summed E-state index contributed by atoms with van der Waals surface area (Å²) in [6.45, 7) is 6.24. The van der Waals surface area contributed by atoms with Crippen LogP contribution in [0, 0.1) is 0 Å². The molecule has 1 heterocycles. The highest BCUT2D eigenvalue weighted by Crippen LogP contribution is 2.35. The van der Waals surface area contributed by atoms with Crippen LogP contribution in [0.2, 0.25) is 0 Å². The summed E-state index contributed by atoms with van der Waals surface area (Å²) in [6.07, 6.45) is 8.91. The Morgan fingerprint density at radius 3 is 2.65 bits per heavy atom. The first kappa shape index (κ1) is 25.2. The summed E-state index contributed by atoms with van der Waals surface area (Å²) in [5.41, 5.74) is 0.763. The molecule has 0 radical (unpaired) electrons. The van der Waals surface area contributed by atoms with Crippen molar-refractivity contribution < 1.29 is 24.2 Å². The van der Waals surface area contributed by atoms with Gasteiger partial charge < -0.3 is 14.6 Å². The van der Waals surface area contributed by atoms with Gasteiger partial charge in [0.25, 0.3) is 5.91 Å². The van der Waals surface area contributed by atoms with Crippen molar-refractivity contribution in [1.29, 1.82) is 0 Å². The number of ether oxygens (including phenoxy) is 2. The molecule has 1 saturated heterocycles. The Morgan fingerprint density at radius 2 is 1.97 bits per heavy atom. The second kappa shape index (κ2) is 12.7. The molecule has 0 spiro atoms. The van der Waals surface area contributed by atoms with Crippen molar-refractivity contribution in [3.8, 4) is 11.5 Å². The third-order valence-corrected chi connectivity index (χ3v) is 6.15. The van der Waals surface area contributed by atoms with Gasteiger partial charge >= 0.3 is 5.97 Å². The standard InChI is InChI=1S/C23H31NO5S2/c1-4-6-7-8-9-10-16(3)29-18-12-11-17(13-19(18)28-5-2)14-20-22(27)24(15-21(25)26)23(30)31-20/h11-14,16H,4-10,15H2,1-3H3,(H,25,26)/b20-14+/t16-/m0/s1. The zero-order valence-electron chi connectivity index (χ0n) is 18.4. The van der Waals surface area contributed by atoms with Gasteiger partial charge in [-0.1, -0.05) is 62.7 Å². The van der Waals surface area contributed by atoms with Crippen molar-refractivity contribution in [3.05, 3.63) is 28.7 Å². The number of unbranched alkanes of at least 4 members (excludes halogenated alkanes) is 4. The summed E-state index contributed by atoms with van der Waals surface area (Å²) in [7, 11) is 0. The fraction of sp³-hybridized carbons (Fsp3) is 0.522. The molecule has 0 aromatic heterocycles. The van der Waals surface area contributed by atoms with Crippen LogP contribution in [-0.4, -0.2) is 45.5 Å². The Morgan fingerprint density at radius 1 is 1.23 bits per heavy atom. The maximum absolute atomic E-state index is 12.5. The lowest BCUT2D eigenvalue weighted by atomic mass is 10.1.